The highest BCUT2D eigenvalue weighted by Crippen LogP contribution is 2.29. The number of carbonyl (C=O) groups is 6. The summed E-state index contributed by atoms with van der Waals surface area (Å²) in [5, 5.41) is 5.73. The Kier molecular flexibility index (Phi) is 27.5. The minimum Gasteiger partial charge on any atom is -0.463 e. The van der Waals surface area contributed by atoms with Crippen LogP contribution in [0.1, 0.15) is 161 Å². The Bertz CT molecular complexity index is 1680. The second-order valence-corrected chi connectivity index (χ2v) is 17.0. The highest BCUT2D eigenvalue weighted by molar-refractivity contribution is 5.84. The second kappa shape index (κ2) is 32.8. The SMILES string of the molecule is CCCCCCCCCCCCCC(=O)N[C@@H](CCO[C@@H]1O[C@H](COC(C)=O)[C@@H](OC(C)=O)[C@H](OC(C)=O)[C@H]1NC(=O)CCCCCCCc1ccccc1)C(=O)OCc1ccccc1. The van der Waals surface area contributed by atoms with Gasteiger partial charge in [-0.1, -0.05) is 151 Å². The zero-order valence-corrected chi connectivity index (χ0v) is 39.4. The Hall–Kier alpha value is -4.82. The molecule has 14 nitrogen and oxygen atoms in total. The number of nitrogens with one attached hydrogen (secondary N) is 2. The predicted octanol–water partition coefficient (Wildman–Crippen LogP) is 8.54. The van der Waals surface area contributed by atoms with Gasteiger partial charge in [0.2, 0.25) is 11.8 Å². The number of unbranched alkanes of at least 4 members (excludes halogenated alkanes) is 14. The van der Waals surface area contributed by atoms with Gasteiger partial charge in [-0.3, -0.25) is 24.0 Å². The third-order valence-corrected chi connectivity index (χ3v) is 11.3. The van der Waals surface area contributed by atoms with Crippen LogP contribution in [0.15, 0.2) is 60.7 Å². The molecule has 0 spiro atoms. The Morgan fingerprint density at radius 1 is 0.600 bits per heavy atom. The van der Waals surface area contributed by atoms with Crippen LogP contribution in [0.2, 0.25) is 0 Å². The summed E-state index contributed by atoms with van der Waals surface area (Å²) in [6.45, 7) is 5.20. The fourth-order valence-corrected chi connectivity index (χ4v) is 7.84. The zero-order chi connectivity index (χ0) is 47.1. The lowest BCUT2D eigenvalue weighted by Gasteiger charge is -2.45. The van der Waals surface area contributed by atoms with Crippen molar-refractivity contribution in [3.8, 4) is 0 Å². The fourth-order valence-electron chi connectivity index (χ4n) is 7.84. The van der Waals surface area contributed by atoms with E-state index >= 15 is 0 Å². The van der Waals surface area contributed by atoms with E-state index in [2.05, 4.69) is 29.7 Å². The predicted molar refractivity (Wildman–Crippen MR) is 246 cm³/mol. The number of esters is 4. The number of ether oxygens (including phenoxy) is 6. The van der Waals surface area contributed by atoms with E-state index in [-0.39, 0.29) is 50.9 Å². The molecular formula is C51H76N2O12. The van der Waals surface area contributed by atoms with Crippen LogP contribution < -0.4 is 10.6 Å². The van der Waals surface area contributed by atoms with Gasteiger partial charge >= 0.3 is 23.9 Å². The van der Waals surface area contributed by atoms with E-state index in [0.717, 1.165) is 56.9 Å². The highest BCUT2D eigenvalue weighted by atomic mass is 16.7. The lowest BCUT2D eigenvalue weighted by molar-refractivity contribution is -0.278. The van der Waals surface area contributed by atoms with Crippen LogP contribution in [-0.4, -0.2) is 85.6 Å². The molecule has 2 aromatic rings. The van der Waals surface area contributed by atoms with Crippen molar-refractivity contribution in [3.63, 3.8) is 0 Å². The van der Waals surface area contributed by atoms with Crippen molar-refractivity contribution < 1.29 is 57.2 Å². The molecule has 0 saturated carbocycles. The van der Waals surface area contributed by atoms with Crippen LogP contribution in [-0.2, 0) is 70.2 Å². The summed E-state index contributed by atoms with van der Waals surface area (Å²) in [6, 6.07) is 17.2. The average Bonchev–Trinajstić information content (AvgIpc) is 3.28. The maximum Gasteiger partial charge on any atom is 0.329 e. The number of benzene rings is 2. The van der Waals surface area contributed by atoms with Gasteiger partial charge in [-0.2, -0.15) is 0 Å². The summed E-state index contributed by atoms with van der Waals surface area (Å²) < 4.78 is 34.7. The van der Waals surface area contributed by atoms with Crippen LogP contribution in [0.4, 0.5) is 0 Å². The fraction of sp³-hybridized carbons (Fsp3) is 0.647. The van der Waals surface area contributed by atoms with Crippen molar-refractivity contribution >= 4 is 35.7 Å². The number of rotatable bonds is 33. The van der Waals surface area contributed by atoms with Crippen LogP contribution in [0.25, 0.3) is 0 Å². The summed E-state index contributed by atoms with van der Waals surface area (Å²) in [7, 11) is 0. The summed E-state index contributed by atoms with van der Waals surface area (Å²) in [5.41, 5.74) is 2.07. The van der Waals surface area contributed by atoms with Crippen molar-refractivity contribution in [1.82, 2.24) is 10.6 Å². The van der Waals surface area contributed by atoms with Crippen LogP contribution in [0.3, 0.4) is 0 Å². The van der Waals surface area contributed by atoms with Crippen LogP contribution >= 0.6 is 0 Å². The Morgan fingerprint density at radius 2 is 1.12 bits per heavy atom. The molecule has 0 aliphatic carbocycles. The van der Waals surface area contributed by atoms with Gasteiger partial charge in [0.1, 0.15) is 31.4 Å². The number of hydrogen-bond donors (Lipinski definition) is 2. The number of hydrogen-bond acceptors (Lipinski definition) is 12. The first kappa shape index (κ1) is 54.5. The molecule has 3 rings (SSSR count). The van der Waals surface area contributed by atoms with Gasteiger partial charge in [0.25, 0.3) is 0 Å². The molecule has 0 bridgehead atoms. The average molecular weight is 909 g/mol. The Morgan fingerprint density at radius 3 is 1.69 bits per heavy atom. The molecule has 2 amide bonds. The summed E-state index contributed by atoms with van der Waals surface area (Å²) in [4.78, 5) is 77.1. The Balaban J connectivity index is 1.68. The van der Waals surface area contributed by atoms with Gasteiger partial charge in [-0.05, 0) is 36.8 Å². The lowest BCUT2D eigenvalue weighted by atomic mass is 9.95. The molecule has 1 fully saturated rings. The molecule has 1 saturated heterocycles. The number of amides is 2. The van der Waals surface area contributed by atoms with Crippen molar-refractivity contribution in [2.45, 2.75) is 199 Å². The van der Waals surface area contributed by atoms with Gasteiger partial charge in [0, 0.05) is 40.0 Å². The van der Waals surface area contributed by atoms with Gasteiger partial charge in [-0.15, -0.1) is 0 Å². The summed E-state index contributed by atoms with van der Waals surface area (Å²) >= 11 is 0. The van der Waals surface area contributed by atoms with E-state index in [1.165, 1.54) is 71.3 Å². The first-order valence-electron chi connectivity index (χ1n) is 24.0. The minimum atomic E-state index is -1.33. The largest absolute Gasteiger partial charge is 0.463 e. The molecule has 2 aromatic carbocycles. The summed E-state index contributed by atoms with van der Waals surface area (Å²) in [6.07, 6.45) is 13.3. The molecule has 6 atom stereocenters. The van der Waals surface area contributed by atoms with Gasteiger partial charge in [0.15, 0.2) is 18.5 Å². The quantitative estimate of drug-likeness (QED) is 0.0396. The topological polar surface area (TPSA) is 182 Å². The summed E-state index contributed by atoms with van der Waals surface area (Å²) in [5.74, 6) is -3.40. The molecule has 1 aliphatic rings. The van der Waals surface area contributed by atoms with E-state index in [4.69, 9.17) is 28.4 Å². The van der Waals surface area contributed by atoms with Gasteiger partial charge in [0.05, 0.1) is 6.61 Å². The van der Waals surface area contributed by atoms with Crippen LogP contribution in [0.5, 0.6) is 0 Å². The third kappa shape index (κ3) is 23.8. The van der Waals surface area contributed by atoms with E-state index in [9.17, 15) is 28.8 Å². The lowest BCUT2D eigenvalue weighted by Crippen LogP contribution is -2.66. The van der Waals surface area contributed by atoms with E-state index in [0.29, 0.717) is 12.8 Å². The molecule has 0 aromatic heterocycles. The van der Waals surface area contributed by atoms with Crippen molar-refractivity contribution in [1.29, 1.82) is 0 Å². The first-order chi connectivity index (χ1) is 31.5. The minimum absolute atomic E-state index is 0.00152. The molecular weight excluding hydrogens is 833 g/mol. The van der Waals surface area contributed by atoms with Crippen molar-refractivity contribution in [2.24, 2.45) is 0 Å². The maximum absolute atomic E-state index is 13.5. The molecule has 14 heteroatoms. The zero-order valence-electron chi connectivity index (χ0n) is 39.4. The number of carbonyl (C=O) groups excluding carboxylic acids is 6. The molecule has 1 aliphatic heterocycles. The molecule has 362 valence electrons. The van der Waals surface area contributed by atoms with E-state index in [1.54, 1.807) is 0 Å². The smallest absolute Gasteiger partial charge is 0.329 e. The van der Waals surface area contributed by atoms with Gasteiger partial charge in [-0.25, -0.2) is 4.79 Å². The molecule has 1 heterocycles. The maximum atomic E-state index is 13.5. The molecule has 0 radical (unpaired) electrons. The third-order valence-electron chi connectivity index (χ3n) is 11.3. The van der Waals surface area contributed by atoms with E-state index in [1.807, 2.05) is 48.5 Å². The normalized spacial score (nSPS) is 18.5. The monoisotopic (exact) mass is 909 g/mol. The first-order valence-corrected chi connectivity index (χ1v) is 24.0. The van der Waals surface area contributed by atoms with Crippen molar-refractivity contribution in [2.75, 3.05) is 13.2 Å². The second-order valence-electron chi connectivity index (χ2n) is 17.0. The Labute approximate surface area is 386 Å². The standard InChI is InChI=1S/C51H76N2O12/c1-5-6-7-8-9-10-11-12-13-16-25-32-45(57)52-43(50(59)62-36-42-30-23-19-24-31-42)34-35-60-51-47(53-46(58)33-26-17-14-15-20-27-41-28-21-18-22-29-41)49(64-40(4)56)48(63-39(3)55)44(65-51)37-61-38(2)54/h18-19,21-24,28-31,43-44,47-49,51H,5-17,20,25-27,32-37H2,1-4H3,(H,52,57)(H,53,58)/t43-,44+,47+,48+,49+,51+/m0/s1. The van der Waals surface area contributed by atoms with Crippen LogP contribution in [0, 0.1) is 0 Å². The molecule has 2 N–H and O–H groups in total. The molecule has 0 unspecified atom stereocenters. The number of aryl methyl sites for hydroxylation is 1. The van der Waals surface area contributed by atoms with E-state index < -0.39 is 60.6 Å². The molecule has 65 heavy (non-hydrogen) atoms. The van der Waals surface area contributed by atoms with Gasteiger partial charge < -0.3 is 39.1 Å². The van der Waals surface area contributed by atoms with Crippen molar-refractivity contribution in [3.05, 3.63) is 71.8 Å². The highest BCUT2D eigenvalue weighted by Gasteiger charge is 2.51.